The Balaban J connectivity index is 2.30. The highest BCUT2D eigenvalue weighted by Gasteiger charge is 2.44. The summed E-state index contributed by atoms with van der Waals surface area (Å²) in [6, 6.07) is -0.671. The van der Waals surface area contributed by atoms with Crippen LogP contribution in [-0.4, -0.2) is 34.6 Å². The lowest BCUT2D eigenvalue weighted by atomic mass is 10.1. The molecule has 1 aliphatic rings. The highest BCUT2D eigenvalue weighted by Crippen LogP contribution is 2.43. The summed E-state index contributed by atoms with van der Waals surface area (Å²) in [5, 5.41) is 19.0. The summed E-state index contributed by atoms with van der Waals surface area (Å²) >= 11 is 0. The van der Waals surface area contributed by atoms with Crippen LogP contribution in [0, 0.1) is 0 Å². The van der Waals surface area contributed by atoms with E-state index in [1.165, 1.54) is 0 Å². The maximum atomic E-state index is 13.0. The zero-order chi connectivity index (χ0) is 9.19. The number of nitrogens with one attached hydrogen (secondary N) is 1. The molecule has 1 atom stereocenters. The van der Waals surface area contributed by atoms with Gasteiger partial charge >= 0.3 is 6.09 Å². The first-order valence-electron chi connectivity index (χ1n) is 3.85. The van der Waals surface area contributed by atoms with Gasteiger partial charge in [0, 0.05) is 6.42 Å². The Kier molecular flexibility index (Phi) is 2.52. The molecular weight excluding hydrogens is 165 g/mol. The first kappa shape index (κ1) is 9.25. The van der Waals surface area contributed by atoms with Crippen molar-refractivity contribution in [1.29, 1.82) is 0 Å². The minimum absolute atomic E-state index is 0.0792. The molecular formula is C7H12FNO3. The summed E-state index contributed by atoms with van der Waals surface area (Å²) < 4.78 is 13.0. The van der Waals surface area contributed by atoms with Crippen molar-refractivity contribution in [3.8, 4) is 0 Å². The van der Waals surface area contributed by atoms with Gasteiger partial charge in [-0.25, -0.2) is 9.18 Å². The molecule has 1 fully saturated rings. The van der Waals surface area contributed by atoms with Crippen molar-refractivity contribution in [2.75, 3.05) is 6.61 Å². The van der Waals surface area contributed by atoms with E-state index in [1.807, 2.05) is 0 Å². The van der Waals surface area contributed by atoms with Crippen molar-refractivity contribution >= 4 is 6.09 Å². The van der Waals surface area contributed by atoms with E-state index in [0.29, 0.717) is 12.8 Å². The number of amides is 1. The van der Waals surface area contributed by atoms with E-state index < -0.39 is 17.8 Å². The number of alkyl halides is 1. The van der Waals surface area contributed by atoms with Gasteiger partial charge in [0.15, 0.2) is 0 Å². The number of carboxylic acid groups (broad SMARTS) is 1. The van der Waals surface area contributed by atoms with E-state index in [1.54, 1.807) is 0 Å². The lowest BCUT2D eigenvalue weighted by Crippen LogP contribution is -2.38. The van der Waals surface area contributed by atoms with Gasteiger partial charge in [0.05, 0.1) is 12.6 Å². The van der Waals surface area contributed by atoms with Gasteiger partial charge in [-0.1, -0.05) is 0 Å². The fraction of sp³-hybridized carbons (Fsp3) is 0.857. The second-order valence-electron chi connectivity index (χ2n) is 3.18. The van der Waals surface area contributed by atoms with E-state index >= 15 is 0 Å². The Bertz CT molecular complexity index is 181. The van der Waals surface area contributed by atoms with Crippen LogP contribution >= 0.6 is 0 Å². The quantitative estimate of drug-likeness (QED) is 0.586. The van der Waals surface area contributed by atoms with Crippen molar-refractivity contribution in [3.63, 3.8) is 0 Å². The molecule has 0 aromatic heterocycles. The molecule has 1 unspecified atom stereocenters. The zero-order valence-corrected chi connectivity index (χ0v) is 6.59. The lowest BCUT2D eigenvalue weighted by molar-refractivity contribution is 0.160. The van der Waals surface area contributed by atoms with E-state index in [4.69, 9.17) is 10.2 Å². The van der Waals surface area contributed by atoms with Gasteiger partial charge in [0.1, 0.15) is 5.67 Å². The molecule has 0 aromatic rings. The number of carbonyl (C=O) groups is 1. The van der Waals surface area contributed by atoms with E-state index in [0.717, 1.165) is 0 Å². The summed E-state index contributed by atoms with van der Waals surface area (Å²) in [5.41, 5.74) is -1.23. The van der Waals surface area contributed by atoms with Crippen molar-refractivity contribution in [3.05, 3.63) is 0 Å². The van der Waals surface area contributed by atoms with Gasteiger partial charge < -0.3 is 15.5 Å². The SMILES string of the molecule is O=C(O)NC(CO)CC1(F)CC1. The van der Waals surface area contributed by atoms with Crippen LogP contribution in [0.2, 0.25) is 0 Å². The molecule has 4 nitrogen and oxygen atoms in total. The van der Waals surface area contributed by atoms with Gasteiger partial charge in [-0.2, -0.15) is 0 Å². The molecule has 0 bridgehead atoms. The average Bonchev–Trinajstić information content (AvgIpc) is 2.66. The molecule has 1 saturated carbocycles. The van der Waals surface area contributed by atoms with E-state index in [9.17, 15) is 9.18 Å². The minimum atomic E-state index is -1.23. The number of hydrogen-bond donors (Lipinski definition) is 3. The monoisotopic (exact) mass is 177 g/mol. The van der Waals surface area contributed by atoms with E-state index in [2.05, 4.69) is 5.32 Å². The third-order valence-electron chi connectivity index (χ3n) is 1.95. The Morgan fingerprint density at radius 1 is 1.67 bits per heavy atom. The van der Waals surface area contributed by atoms with Crippen LogP contribution in [0.4, 0.5) is 9.18 Å². The Labute approximate surface area is 69.4 Å². The van der Waals surface area contributed by atoms with Crippen molar-refractivity contribution in [1.82, 2.24) is 5.32 Å². The normalized spacial score (nSPS) is 21.5. The molecule has 0 radical (unpaired) electrons. The predicted molar refractivity (Wildman–Crippen MR) is 39.7 cm³/mol. The van der Waals surface area contributed by atoms with Gasteiger partial charge in [-0.05, 0) is 12.8 Å². The summed E-state index contributed by atoms with van der Waals surface area (Å²) in [4.78, 5) is 10.1. The topological polar surface area (TPSA) is 69.6 Å². The first-order valence-corrected chi connectivity index (χ1v) is 3.85. The smallest absolute Gasteiger partial charge is 0.404 e. The summed E-state index contributed by atoms with van der Waals surface area (Å²) in [5.74, 6) is 0. The molecule has 1 aliphatic carbocycles. The fourth-order valence-corrected chi connectivity index (χ4v) is 1.12. The largest absolute Gasteiger partial charge is 0.465 e. The third-order valence-corrected chi connectivity index (χ3v) is 1.95. The number of aliphatic hydroxyl groups is 1. The van der Waals surface area contributed by atoms with Crippen molar-refractivity contribution < 1.29 is 19.4 Å². The molecule has 0 spiro atoms. The Morgan fingerprint density at radius 3 is 2.58 bits per heavy atom. The van der Waals surface area contributed by atoms with Gasteiger partial charge in [-0.3, -0.25) is 0 Å². The average molecular weight is 177 g/mol. The maximum Gasteiger partial charge on any atom is 0.404 e. The molecule has 0 heterocycles. The summed E-state index contributed by atoms with van der Waals surface area (Å²) in [6.45, 7) is -0.349. The van der Waals surface area contributed by atoms with Gasteiger partial charge in [-0.15, -0.1) is 0 Å². The summed E-state index contributed by atoms with van der Waals surface area (Å²) in [6.07, 6.45) is -0.191. The second-order valence-corrected chi connectivity index (χ2v) is 3.18. The number of aliphatic hydroxyl groups excluding tert-OH is 1. The Hall–Kier alpha value is -0.840. The molecule has 1 rings (SSSR count). The highest BCUT2D eigenvalue weighted by molar-refractivity contribution is 5.64. The number of hydrogen-bond acceptors (Lipinski definition) is 2. The Morgan fingerprint density at radius 2 is 2.25 bits per heavy atom. The molecule has 70 valence electrons. The van der Waals surface area contributed by atoms with Crippen LogP contribution in [0.15, 0.2) is 0 Å². The zero-order valence-electron chi connectivity index (χ0n) is 6.59. The molecule has 12 heavy (non-hydrogen) atoms. The minimum Gasteiger partial charge on any atom is -0.465 e. The fourth-order valence-electron chi connectivity index (χ4n) is 1.12. The van der Waals surface area contributed by atoms with Crippen LogP contribution in [-0.2, 0) is 0 Å². The highest BCUT2D eigenvalue weighted by atomic mass is 19.1. The van der Waals surface area contributed by atoms with Gasteiger partial charge in [0.25, 0.3) is 0 Å². The number of rotatable bonds is 4. The van der Waals surface area contributed by atoms with Crippen LogP contribution in [0.3, 0.4) is 0 Å². The van der Waals surface area contributed by atoms with Crippen LogP contribution in [0.1, 0.15) is 19.3 Å². The van der Waals surface area contributed by atoms with Gasteiger partial charge in [0.2, 0.25) is 0 Å². The molecule has 0 aliphatic heterocycles. The lowest BCUT2D eigenvalue weighted by Gasteiger charge is -2.15. The molecule has 0 aromatic carbocycles. The standard InChI is InChI=1S/C7H12FNO3/c8-7(1-2-7)3-5(4-10)9-6(11)12/h5,9-10H,1-4H2,(H,11,12). The molecule has 1 amide bonds. The van der Waals surface area contributed by atoms with Crippen molar-refractivity contribution in [2.45, 2.75) is 31.0 Å². The van der Waals surface area contributed by atoms with Crippen molar-refractivity contribution in [2.24, 2.45) is 0 Å². The van der Waals surface area contributed by atoms with Crippen LogP contribution in [0.5, 0.6) is 0 Å². The third kappa shape index (κ3) is 2.65. The second kappa shape index (κ2) is 3.26. The van der Waals surface area contributed by atoms with Crippen LogP contribution in [0.25, 0.3) is 0 Å². The maximum absolute atomic E-state index is 13.0. The molecule has 5 heteroatoms. The summed E-state index contributed by atoms with van der Waals surface area (Å²) in [7, 11) is 0. The van der Waals surface area contributed by atoms with E-state index in [-0.39, 0.29) is 13.0 Å². The molecule has 3 N–H and O–H groups in total. The molecule has 0 saturated heterocycles. The predicted octanol–water partition coefficient (Wildman–Crippen LogP) is 0.507. The number of halogens is 1. The first-order chi connectivity index (χ1) is 5.56. The van der Waals surface area contributed by atoms with Crippen LogP contribution < -0.4 is 5.32 Å².